The van der Waals surface area contributed by atoms with Gasteiger partial charge in [-0.15, -0.1) is 5.06 Å². The van der Waals surface area contributed by atoms with Crippen molar-refractivity contribution in [1.82, 2.24) is 10.4 Å². The van der Waals surface area contributed by atoms with Crippen LogP contribution in [-0.2, 0) is 19.2 Å². The summed E-state index contributed by atoms with van der Waals surface area (Å²) in [4.78, 5) is 49.7. The molecule has 0 aromatic heterocycles. The average Bonchev–Trinajstić information content (AvgIpc) is 2.66. The predicted molar refractivity (Wildman–Crippen MR) is 61.6 cm³/mol. The summed E-state index contributed by atoms with van der Waals surface area (Å²) in [6, 6.07) is -1.12. The van der Waals surface area contributed by atoms with E-state index in [0.717, 1.165) is 0 Å². The fraction of sp³-hybridized carbons (Fsp3) is 0.636. The smallest absolute Gasteiger partial charge is 0.405 e. The van der Waals surface area contributed by atoms with Gasteiger partial charge in [-0.1, -0.05) is 20.3 Å². The number of hydrogen-bond acceptors (Lipinski definition) is 5. The Kier molecular flexibility index (Phi) is 4.85. The second-order valence-corrected chi connectivity index (χ2v) is 4.30. The van der Waals surface area contributed by atoms with E-state index in [1.54, 1.807) is 13.8 Å². The van der Waals surface area contributed by atoms with Crippen molar-refractivity contribution in [2.24, 2.45) is 5.92 Å². The summed E-state index contributed by atoms with van der Waals surface area (Å²) in [6.07, 6.45) is -0.859. The van der Waals surface area contributed by atoms with E-state index in [0.29, 0.717) is 11.5 Å². The number of hydrogen-bond donors (Lipinski definition) is 2. The summed E-state index contributed by atoms with van der Waals surface area (Å²) in [5.41, 5.74) is 0. The van der Waals surface area contributed by atoms with Crippen molar-refractivity contribution in [2.45, 2.75) is 39.2 Å². The van der Waals surface area contributed by atoms with Gasteiger partial charge < -0.3 is 15.3 Å². The summed E-state index contributed by atoms with van der Waals surface area (Å²) in [5, 5.41) is 11.1. The molecule has 1 fully saturated rings. The normalized spacial score (nSPS) is 18.1. The van der Waals surface area contributed by atoms with Crippen LogP contribution in [0.5, 0.6) is 0 Å². The van der Waals surface area contributed by atoms with E-state index in [-0.39, 0.29) is 18.8 Å². The topological polar surface area (TPSA) is 113 Å². The Hall–Kier alpha value is -2.12. The fourth-order valence-electron chi connectivity index (χ4n) is 1.61. The zero-order chi connectivity index (χ0) is 14.6. The Balaban J connectivity index is 2.73. The SMILES string of the molecule is CC[C@H](C)[C@H](NC(=O)O)C(=O)ON1C(=O)CCC1=O. The number of imide groups is 1. The third-order valence-corrected chi connectivity index (χ3v) is 2.93. The number of carbonyl (C=O) groups is 4. The van der Waals surface area contributed by atoms with E-state index >= 15 is 0 Å². The van der Waals surface area contributed by atoms with Crippen LogP contribution in [0.3, 0.4) is 0 Å². The molecule has 0 aromatic rings. The lowest BCUT2D eigenvalue weighted by molar-refractivity contribution is -0.199. The van der Waals surface area contributed by atoms with E-state index in [1.807, 2.05) is 5.32 Å². The van der Waals surface area contributed by atoms with Crippen LogP contribution >= 0.6 is 0 Å². The van der Waals surface area contributed by atoms with Crippen LogP contribution in [0.1, 0.15) is 33.1 Å². The van der Waals surface area contributed by atoms with Gasteiger partial charge in [-0.05, 0) is 5.92 Å². The highest BCUT2D eigenvalue weighted by Gasteiger charge is 2.36. The zero-order valence-electron chi connectivity index (χ0n) is 10.7. The molecule has 1 aliphatic heterocycles. The first-order valence-electron chi connectivity index (χ1n) is 5.93. The Labute approximate surface area is 109 Å². The van der Waals surface area contributed by atoms with Crippen molar-refractivity contribution in [3.8, 4) is 0 Å². The Bertz CT molecular complexity index is 392. The van der Waals surface area contributed by atoms with E-state index in [2.05, 4.69) is 0 Å². The molecule has 0 radical (unpaired) electrons. The molecule has 2 atom stereocenters. The molecule has 2 N–H and O–H groups in total. The van der Waals surface area contributed by atoms with Crippen molar-refractivity contribution in [3.05, 3.63) is 0 Å². The summed E-state index contributed by atoms with van der Waals surface area (Å²) in [5.74, 6) is -2.48. The number of nitrogens with zero attached hydrogens (tertiary/aromatic N) is 1. The van der Waals surface area contributed by atoms with Crippen molar-refractivity contribution in [3.63, 3.8) is 0 Å². The summed E-state index contributed by atoms with van der Waals surface area (Å²) in [6.45, 7) is 3.44. The van der Waals surface area contributed by atoms with Gasteiger partial charge in [0.2, 0.25) is 0 Å². The van der Waals surface area contributed by atoms with Crippen LogP contribution in [-0.4, -0.2) is 40.1 Å². The van der Waals surface area contributed by atoms with Crippen molar-refractivity contribution in [2.75, 3.05) is 0 Å². The number of hydroxylamine groups is 2. The molecule has 106 valence electrons. The van der Waals surface area contributed by atoms with Crippen LogP contribution in [0.4, 0.5) is 4.79 Å². The molecule has 3 amide bonds. The van der Waals surface area contributed by atoms with Crippen molar-refractivity contribution in [1.29, 1.82) is 0 Å². The maximum absolute atomic E-state index is 11.8. The highest BCUT2D eigenvalue weighted by molar-refractivity contribution is 6.01. The van der Waals surface area contributed by atoms with Crippen LogP contribution in [0, 0.1) is 5.92 Å². The lowest BCUT2D eigenvalue weighted by Crippen LogP contribution is -2.48. The molecule has 0 unspecified atom stereocenters. The summed E-state index contributed by atoms with van der Waals surface area (Å²) in [7, 11) is 0. The van der Waals surface area contributed by atoms with E-state index < -0.39 is 29.9 Å². The van der Waals surface area contributed by atoms with Gasteiger partial charge in [-0.3, -0.25) is 9.59 Å². The van der Waals surface area contributed by atoms with Gasteiger partial charge in [0.15, 0.2) is 0 Å². The third-order valence-electron chi connectivity index (χ3n) is 2.93. The maximum atomic E-state index is 11.8. The molecule has 8 nitrogen and oxygen atoms in total. The average molecular weight is 272 g/mol. The highest BCUT2D eigenvalue weighted by Crippen LogP contribution is 2.15. The van der Waals surface area contributed by atoms with E-state index in [9.17, 15) is 19.2 Å². The molecule has 1 saturated heterocycles. The molecule has 8 heteroatoms. The van der Waals surface area contributed by atoms with Gasteiger partial charge in [0.05, 0.1) is 0 Å². The Morgan fingerprint density at radius 3 is 2.32 bits per heavy atom. The van der Waals surface area contributed by atoms with Gasteiger partial charge in [0.25, 0.3) is 11.8 Å². The minimum absolute atomic E-state index is 0.00747. The molecule has 0 bridgehead atoms. The molecule has 1 aliphatic rings. The van der Waals surface area contributed by atoms with Crippen LogP contribution in [0.2, 0.25) is 0 Å². The van der Waals surface area contributed by atoms with Crippen LogP contribution in [0.25, 0.3) is 0 Å². The quantitative estimate of drug-likeness (QED) is 0.695. The number of carboxylic acid groups (broad SMARTS) is 1. The van der Waals surface area contributed by atoms with Gasteiger partial charge in [0.1, 0.15) is 6.04 Å². The van der Waals surface area contributed by atoms with E-state index in [1.165, 1.54) is 0 Å². The number of nitrogens with one attached hydrogen (secondary N) is 1. The predicted octanol–water partition coefficient (Wildman–Crippen LogP) is 0.276. The van der Waals surface area contributed by atoms with E-state index in [4.69, 9.17) is 9.94 Å². The number of amides is 3. The molecule has 0 saturated carbocycles. The first kappa shape index (κ1) is 14.9. The van der Waals surface area contributed by atoms with Crippen molar-refractivity contribution < 1.29 is 29.1 Å². The Morgan fingerprint density at radius 1 is 1.37 bits per heavy atom. The first-order chi connectivity index (χ1) is 8.86. The molecule has 1 rings (SSSR count). The molecular weight excluding hydrogens is 256 g/mol. The minimum atomic E-state index is -1.37. The standard InChI is InChI=1S/C11H16N2O6/c1-3-6(2)9(12-11(17)18)10(16)19-13-7(14)4-5-8(13)15/h6,9,12H,3-5H2,1-2H3,(H,17,18)/t6-,9-/m0/s1. The fourth-order valence-corrected chi connectivity index (χ4v) is 1.61. The lowest BCUT2D eigenvalue weighted by Gasteiger charge is -2.22. The highest BCUT2D eigenvalue weighted by atomic mass is 16.7. The minimum Gasteiger partial charge on any atom is -0.465 e. The van der Waals surface area contributed by atoms with Gasteiger partial charge in [0, 0.05) is 12.8 Å². The van der Waals surface area contributed by atoms with Crippen LogP contribution in [0.15, 0.2) is 0 Å². The second kappa shape index (κ2) is 6.17. The second-order valence-electron chi connectivity index (χ2n) is 4.30. The van der Waals surface area contributed by atoms with Crippen molar-refractivity contribution >= 4 is 23.9 Å². The maximum Gasteiger partial charge on any atom is 0.405 e. The summed E-state index contributed by atoms with van der Waals surface area (Å²) < 4.78 is 0. The van der Waals surface area contributed by atoms with Crippen LogP contribution < -0.4 is 5.32 Å². The lowest BCUT2D eigenvalue weighted by atomic mass is 10.00. The van der Waals surface area contributed by atoms with Gasteiger partial charge in [-0.2, -0.15) is 0 Å². The first-order valence-corrected chi connectivity index (χ1v) is 5.93. The largest absolute Gasteiger partial charge is 0.465 e. The Morgan fingerprint density at radius 2 is 1.89 bits per heavy atom. The molecule has 0 aromatic carbocycles. The monoisotopic (exact) mass is 272 g/mol. The zero-order valence-corrected chi connectivity index (χ0v) is 10.7. The third kappa shape index (κ3) is 3.67. The molecule has 0 spiro atoms. The number of carbonyl (C=O) groups excluding carboxylic acids is 3. The molecule has 1 heterocycles. The van der Waals surface area contributed by atoms with Gasteiger partial charge in [-0.25, -0.2) is 9.59 Å². The molecule has 19 heavy (non-hydrogen) atoms. The van der Waals surface area contributed by atoms with Gasteiger partial charge >= 0.3 is 12.1 Å². The summed E-state index contributed by atoms with van der Waals surface area (Å²) >= 11 is 0. The number of rotatable bonds is 5. The molecular formula is C11H16N2O6. The molecule has 0 aliphatic carbocycles.